The maximum Gasteiger partial charge on any atom is 0.408 e. The fourth-order valence-corrected chi connectivity index (χ4v) is 3.87. The van der Waals surface area contributed by atoms with Gasteiger partial charge in [-0.2, -0.15) is 0 Å². The fourth-order valence-electron chi connectivity index (χ4n) is 3.87. The van der Waals surface area contributed by atoms with E-state index in [9.17, 15) is 19.2 Å². The standard InChI is InChI=1S/C28H45N3O6/c1-10-11-12-16-31(26(34)23(18(2)3)30-27(35)37-28(6,7)8)24(25(33)29-17-22(32)36-9)21-15-13-14-19(4)20(21)5/h13-15,18,23-24H,10-12,16-17H2,1-9H3,(H,29,33)(H,30,35). The Morgan fingerprint density at radius 3 is 2.24 bits per heavy atom. The minimum Gasteiger partial charge on any atom is -0.468 e. The van der Waals surface area contributed by atoms with Gasteiger partial charge in [0.1, 0.15) is 24.2 Å². The predicted octanol–water partition coefficient (Wildman–Crippen LogP) is 4.20. The lowest BCUT2D eigenvalue weighted by molar-refractivity contribution is -0.145. The van der Waals surface area contributed by atoms with Crippen LogP contribution in [-0.4, -0.2) is 60.6 Å². The van der Waals surface area contributed by atoms with E-state index in [-0.39, 0.29) is 12.5 Å². The first-order valence-electron chi connectivity index (χ1n) is 12.9. The molecule has 0 fully saturated rings. The number of carbonyl (C=O) groups excluding carboxylic acids is 4. The third-order valence-corrected chi connectivity index (χ3v) is 6.03. The lowest BCUT2D eigenvalue weighted by Crippen LogP contribution is -2.55. The molecule has 2 unspecified atom stereocenters. The van der Waals surface area contributed by atoms with E-state index in [1.165, 1.54) is 12.0 Å². The van der Waals surface area contributed by atoms with Crippen LogP contribution in [0, 0.1) is 19.8 Å². The molecule has 0 aliphatic carbocycles. The van der Waals surface area contributed by atoms with Crippen molar-refractivity contribution in [3.05, 3.63) is 34.9 Å². The van der Waals surface area contributed by atoms with E-state index in [2.05, 4.69) is 22.3 Å². The van der Waals surface area contributed by atoms with Gasteiger partial charge >= 0.3 is 12.1 Å². The summed E-state index contributed by atoms with van der Waals surface area (Å²) in [4.78, 5) is 53.6. The normalized spacial score (nSPS) is 12.9. The Hall–Kier alpha value is -3.10. The number of nitrogens with zero attached hydrogens (tertiary/aromatic N) is 1. The molecule has 0 radical (unpaired) electrons. The van der Waals surface area contributed by atoms with Crippen LogP contribution in [0.5, 0.6) is 0 Å². The summed E-state index contributed by atoms with van der Waals surface area (Å²) in [5.41, 5.74) is 1.77. The third-order valence-electron chi connectivity index (χ3n) is 6.03. The number of benzene rings is 1. The van der Waals surface area contributed by atoms with E-state index in [0.717, 1.165) is 24.0 Å². The number of amides is 3. The zero-order chi connectivity index (χ0) is 28.3. The first kappa shape index (κ1) is 31.9. The number of hydrogen-bond acceptors (Lipinski definition) is 6. The monoisotopic (exact) mass is 519 g/mol. The minimum absolute atomic E-state index is 0.272. The molecule has 0 saturated heterocycles. The highest BCUT2D eigenvalue weighted by molar-refractivity contribution is 5.93. The molecule has 0 spiro atoms. The minimum atomic E-state index is -1.00. The predicted molar refractivity (Wildman–Crippen MR) is 143 cm³/mol. The zero-order valence-electron chi connectivity index (χ0n) is 23.9. The Bertz CT molecular complexity index is 938. The van der Waals surface area contributed by atoms with Crippen molar-refractivity contribution in [2.45, 2.75) is 92.3 Å². The maximum absolute atomic E-state index is 14.1. The second-order valence-corrected chi connectivity index (χ2v) is 10.6. The zero-order valence-corrected chi connectivity index (χ0v) is 23.9. The van der Waals surface area contributed by atoms with Gasteiger partial charge in [-0.1, -0.05) is 51.8 Å². The first-order chi connectivity index (χ1) is 17.2. The summed E-state index contributed by atoms with van der Waals surface area (Å²) in [5, 5.41) is 5.34. The molecule has 0 aliphatic rings. The molecule has 0 aliphatic heterocycles. The van der Waals surface area contributed by atoms with Crippen molar-refractivity contribution in [3.8, 4) is 0 Å². The Labute approximate surface area is 221 Å². The molecule has 1 aromatic rings. The van der Waals surface area contributed by atoms with Gasteiger partial charge in [-0.3, -0.25) is 14.4 Å². The number of aryl methyl sites for hydroxylation is 1. The van der Waals surface area contributed by atoms with E-state index < -0.39 is 41.6 Å². The molecular formula is C28H45N3O6. The summed E-state index contributed by atoms with van der Waals surface area (Å²) in [7, 11) is 1.24. The number of methoxy groups -OCH3 is 1. The summed E-state index contributed by atoms with van der Waals surface area (Å²) in [6.07, 6.45) is 1.75. The number of rotatable bonds is 12. The first-order valence-corrected chi connectivity index (χ1v) is 12.9. The average Bonchev–Trinajstić information content (AvgIpc) is 2.81. The molecule has 2 N–H and O–H groups in total. The molecule has 1 aromatic carbocycles. The third kappa shape index (κ3) is 10.1. The second kappa shape index (κ2) is 14.6. The molecule has 0 bridgehead atoms. The number of hydrogen-bond donors (Lipinski definition) is 2. The van der Waals surface area contributed by atoms with Gasteiger partial charge in [0, 0.05) is 6.54 Å². The smallest absolute Gasteiger partial charge is 0.408 e. The van der Waals surface area contributed by atoms with Crippen LogP contribution in [-0.2, 0) is 23.9 Å². The van der Waals surface area contributed by atoms with E-state index in [1.807, 2.05) is 45.9 Å². The summed E-state index contributed by atoms with van der Waals surface area (Å²) < 4.78 is 10.1. The number of carbonyl (C=O) groups is 4. The maximum atomic E-state index is 14.1. The largest absolute Gasteiger partial charge is 0.468 e. The SMILES string of the molecule is CCCCCN(C(=O)C(NC(=O)OC(C)(C)C)C(C)C)C(C(=O)NCC(=O)OC)c1cccc(C)c1C. The van der Waals surface area contributed by atoms with Gasteiger partial charge in [0.25, 0.3) is 0 Å². The number of ether oxygens (including phenoxy) is 2. The fraction of sp³-hybridized carbons (Fsp3) is 0.643. The lowest BCUT2D eigenvalue weighted by Gasteiger charge is -2.36. The van der Waals surface area contributed by atoms with Crippen LogP contribution in [0.1, 0.15) is 83.5 Å². The van der Waals surface area contributed by atoms with Gasteiger partial charge in [-0.25, -0.2) is 4.79 Å². The van der Waals surface area contributed by atoms with Crippen LogP contribution >= 0.6 is 0 Å². The highest BCUT2D eigenvalue weighted by Crippen LogP contribution is 2.28. The molecular weight excluding hydrogens is 474 g/mol. The average molecular weight is 520 g/mol. The number of unbranched alkanes of at least 4 members (excludes halogenated alkanes) is 2. The van der Waals surface area contributed by atoms with Crippen molar-refractivity contribution in [3.63, 3.8) is 0 Å². The van der Waals surface area contributed by atoms with Crippen molar-refractivity contribution in [2.24, 2.45) is 5.92 Å². The molecule has 1 rings (SSSR count). The van der Waals surface area contributed by atoms with E-state index in [1.54, 1.807) is 20.8 Å². The summed E-state index contributed by atoms with van der Waals surface area (Å²) in [5.74, 6) is -1.76. The quantitative estimate of drug-likeness (QED) is 0.316. The number of alkyl carbamates (subject to hydrolysis) is 1. The van der Waals surface area contributed by atoms with E-state index in [0.29, 0.717) is 18.5 Å². The summed E-state index contributed by atoms with van der Waals surface area (Å²) in [6, 6.07) is 3.67. The molecule has 9 nitrogen and oxygen atoms in total. The van der Waals surface area contributed by atoms with Gasteiger partial charge in [0.2, 0.25) is 11.8 Å². The van der Waals surface area contributed by atoms with Gasteiger partial charge in [-0.15, -0.1) is 0 Å². The topological polar surface area (TPSA) is 114 Å². The lowest BCUT2D eigenvalue weighted by atomic mass is 9.93. The van der Waals surface area contributed by atoms with Crippen molar-refractivity contribution in [1.82, 2.24) is 15.5 Å². The Morgan fingerprint density at radius 1 is 1.05 bits per heavy atom. The highest BCUT2D eigenvalue weighted by Gasteiger charge is 2.38. The van der Waals surface area contributed by atoms with E-state index in [4.69, 9.17) is 4.74 Å². The van der Waals surface area contributed by atoms with Crippen LogP contribution in [0.3, 0.4) is 0 Å². The van der Waals surface area contributed by atoms with Crippen LogP contribution in [0.25, 0.3) is 0 Å². The second-order valence-electron chi connectivity index (χ2n) is 10.6. The van der Waals surface area contributed by atoms with Crippen molar-refractivity contribution in [2.75, 3.05) is 20.2 Å². The van der Waals surface area contributed by atoms with Gasteiger partial charge in [0.05, 0.1) is 7.11 Å². The van der Waals surface area contributed by atoms with Crippen LogP contribution in [0.4, 0.5) is 4.79 Å². The van der Waals surface area contributed by atoms with Crippen molar-refractivity contribution < 1.29 is 28.7 Å². The number of nitrogens with one attached hydrogen (secondary N) is 2. The van der Waals surface area contributed by atoms with Gasteiger partial charge in [0.15, 0.2) is 0 Å². The molecule has 2 atom stereocenters. The summed E-state index contributed by atoms with van der Waals surface area (Å²) >= 11 is 0. The van der Waals surface area contributed by atoms with Crippen molar-refractivity contribution >= 4 is 23.9 Å². The van der Waals surface area contributed by atoms with Crippen molar-refractivity contribution in [1.29, 1.82) is 0 Å². The molecule has 3 amide bonds. The van der Waals surface area contributed by atoms with Gasteiger partial charge in [-0.05, 0) is 63.6 Å². The molecule has 0 aromatic heterocycles. The highest BCUT2D eigenvalue weighted by atomic mass is 16.6. The van der Waals surface area contributed by atoms with Crippen LogP contribution in [0.15, 0.2) is 18.2 Å². The van der Waals surface area contributed by atoms with E-state index >= 15 is 0 Å². The molecule has 0 heterocycles. The summed E-state index contributed by atoms with van der Waals surface area (Å²) in [6.45, 7) is 14.8. The van der Waals surface area contributed by atoms with Crippen LogP contribution in [0.2, 0.25) is 0 Å². The molecule has 0 saturated carbocycles. The Balaban J connectivity index is 3.54. The molecule has 37 heavy (non-hydrogen) atoms. The Kier molecular flexibility index (Phi) is 12.6. The number of esters is 1. The van der Waals surface area contributed by atoms with Crippen LogP contribution < -0.4 is 10.6 Å². The molecule has 208 valence electrons. The Morgan fingerprint density at radius 2 is 1.70 bits per heavy atom. The molecule has 9 heteroatoms. The van der Waals surface area contributed by atoms with Gasteiger partial charge < -0.3 is 25.0 Å².